The molecule has 0 aliphatic carbocycles. The van der Waals surface area contributed by atoms with Crippen molar-refractivity contribution in [1.29, 1.82) is 0 Å². The first-order valence-electron chi connectivity index (χ1n) is 11.4. The van der Waals surface area contributed by atoms with Crippen LogP contribution < -0.4 is 14.2 Å². The van der Waals surface area contributed by atoms with Crippen molar-refractivity contribution < 1.29 is 45.8 Å². The van der Waals surface area contributed by atoms with Gasteiger partial charge in [0.05, 0.1) is 5.56 Å². The number of ketones is 1. The average Bonchev–Trinajstić information content (AvgIpc) is 3.17. The number of ether oxygens (including phenoxy) is 3. The van der Waals surface area contributed by atoms with Crippen molar-refractivity contribution >= 4 is 17.8 Å². The molecule has 0 amide bonds. The Kier molecular flexibility index (Phi) is 7.01. The molecule has 0 spiro atoms. The second kappa shape index (κ2) is 9.92. The highest BCUT2D eigenvalue weighted by atomic mass is 19.2. The van der Waals surface area contributed by atoms with Gasteiger partial charge in [-0.25, -0.2) is 18.0 Å². The predicted molar refractivity (Wildman–Crippen MR) is 126 cm³/mol. The van der Waals surface area contributed by atoms with Crippen molar-refractivity contribution in [2.45, 2.75) is 39.2 Å². The number of fused-ring (bicyclic) bond motifs is 1. The maximum Gasteiger partial charge on any atom is 0.352 e. The molecule has 1 heterocycles. The summed E-state index contributed by atoms with van der Waals surface area (Å²) in [5, 5.41) is 0. The largest absolute Gasteiger partial charge is 0.473 e. The second-order valence-electron chi connectivity index (χ2n) is 9.55. The minimum absolute atomic E-state index is 0.0360. The van der Waals surface area contributed by atoms with Gasteiger partial charge in [0.15, 0.2) is 17.6 Å². The van der Waals surface area contributed by atoms with E-state index in [2.05, 4.69) is 25.5 Å². The normalized spacial score (nSPS) is 14.8. The summed E-state index contributed by atoms with van der Waals surface area (Å²) in [4.78, 5) is 25.1. The van der Waals surface area contributed by atoms with E-state index in [1.165, 1.54) is 18.2 Å². The van der Waals surface area contributed by atoms with E-state index in [1.54, 1.807) is 6.08 Å². The molecule has 10 heteroatoms. The number of halogens is 5. The Labute approximate surface area is 214 Å². The Balaban J connectivity index is 1.48. The van der Waals surface area contributed by atoms with Crippen LogP contribution in [0.25, 0.3) is 6.08 Å². The van der Waals surface area contributed by atoms with Gasteiger partial charge in [-0.15, -0.1) is 0 Å². The molecular weight excluding hydrogens is 511 g/mol. The molecule has 0 saturated carbocycles. The summed E-state index contributed by atoms with van der Waals surface area (Å²) >= 11 is 0. The Morgan fingerprint density at radius 3 is 2.05 bits per heavy atom. The smallest absolute Gasteiger partial charge is 0.352 e. The lowest BCUT2D eigenvalue weighted by molar-refractivity contribution is -0.141. The molecule has 0 N–H and O–H groups in total. The third-order valence-corrected chi connectivity index (χ3v) is 5.73. The minimum Gasteiger partial charge on any atom is -0.473 e. The molecule has 0 saturated heterocycles. The molecule has 38 heavy (non-hydrogen) atoms. The molecular formula is C28H21F5O5. The maximum atomic E-state index is 13.9. The fourth-order valence-corrected chi connectivity index (χ4v) is 3.57. The van der Waals surface area contributed by atoms with Gasteiger partial charge in [-0.3, -0.25) is 4.79 Å². The van der Waals surface area contributed by atoms with Crippen molar-refractivity contribution in [3.05, 3.63) is 94.0 Å². The topological polar surface area (TPSA) is 61.8 Å². The first-order chi connectivity index (χ1) is 17.8. The molecule has 1 unspecified atom stereocenters. The summed E-state index contributed by atoms with van der Waals surface area (Å²) in [5.41, 5.74) is 2.03. The highest BCUT2D eigenvalue weighted by molar-refractivity contribution is 6.14. The lowest BCUT2D eigenvalue weighted by Gasteiger charge is -2.18. The van der Waals surface area contributed by atoms with Crippen LogP contribution in [0.15, 0.2) is 48.2 Å². The number of benzene rings is 3. The van der Waals surface area contributed by atoms with Crippen LogP contribution in [0.4, 0.5) is 22.0 Å². The third-order valence-electron chi connectivity index (χ3n) is 5.73. The lowest BCUT2D eigenvalue weighted by Crippen LogP contribution is -2.29. The zero-order valence-corrected chi connectivity index (χ0v) is 20.6. The fraction of sp³-hybridized carbons (Fsp3) is 0.214. The molecule has 1 aliphatic rings. The highest BCUT2D eigenvalue weighted by Gasteiger charge is 2.31. The fourth-order valence-electron chi connectivity index (χ4n) is 3.57. The van der Waals surface area contributed by atoms with Gasteiger partial charge in [-0.2, -0.15) is 8.78 Å². The van der Waals surface area contributed by atoms with E-state index in [9.17, 15) is 31.5 Å². The lowest BCUT2D eigenvalue weighted by atomic mass is 9.86. The number of rotatable bonds is 5. The van der Waals surface area contributed by atoms with Gasteiger partial charge in [0.25, 0.3) is 0 Å². The molecule has 198 valence electrons. The number of carbonyl (C=O) groups excluding carboxylic acids is 2. The average molecular weight is 532 g/mol. The van der Waals surface area contributed by atoms with Crippen LogP contribution in [0, 0.1) is 29.1 Å². The van der Waals surface area contributed by atoms with Gasteiger partial charge in [0.1, 0.15) is 11.5 Å². The summed E-state index contributed by atoms with van der Waals surface area (Å²) in [6.45, 7) is 7.24. The standard InChI is InChI=1S/C28H21F5O5/c1-13(36-26-23(32)21(30)20(29)22(31)24(26)33)27(35)37-16-9-10-17-18(12-16)38-19(25(17)34)11-14-5-7-15(8-6-14)28(2,3)4/h5-13H,1-4H3/b19-11-. The zero-order valence-electron chi connectivity index (χ0n) is 20.6. The Morgan fingerprint density at radius 2 is 1.47 bits per heavy atom. The highest BCUT2D eigenvalue weighted by Crippen LogP contribution is 2.36. The van der Waals surface area contributed by atoms with Crippen LogP contribution in [0.5, 0.6) is 17.2 Å². The molecule has 1 aliphatic heterocycles. The molecule has 0 radical (unpaired) electrons. The molecule has 0 fully saturated rings. The molecule has 0 aromatic heterocycles. The summed E-state index contributed by atoms with van der Waals surface area (Å²) < 4.78 is 83.1. The van der Waals surface area contributed by atoms with E-state index >= 15 is 0 Å². The van der Waals surface area contributed by atoms with Crippen LogP contribution in [0.2, 0.25) is 0 Å². The van der Waals surface area contributed by atoms with Gasteiger partial charge in [0, 0.05) is 6.07 Å². The van der Waals surface area contributed by atoms with Gasteiger partial charge in [-0.05, 0) is 41.7 Å². The first kappa shape index (κ1) is 26.8. The Morgan fingerprint density at radius 1 is 0.895 bits per heavy atom. The van der Waals surface area contributed by atoms with Gasteiger partial charge >= 0.3 is 5.97 Å². The monoisotopic (exact) mass is 532 g/mol. The van der Waals surface area contributed by atoms with E-state index in [4.69, 9.17) is 9.47 Å². The van der Waals surface area contributed by atoms with Crippen molar-refractivity contribution in [1.82, 2.24) is 0 Å². The van der Waals surface area contributed by atoms with Crippen LogP contribution in [-0.4, -0.2) is 17.9 Å². The van der Waals surface area contributed by atoms with E-state index in [0.717, 1.165) is 18.1 Å². The second-order valence-corrected chi connectivity index (χ2v) is 9.55. The van der Waals surface area contributed by atoms with Crippen LogP contribution in [0.3, 0.4) is 0 Å². The van der Waals surface area contributed by atoms with Crippen LogP contribution >= 0.6 is 0 Å². The molecule has 3 aromatic carbocycles. The van der Waals surface area contributed by atoms with Crippen LogP contribution in [-0.2, 0) is 10.2 Å². The first-order valence-corrected chi connectivity index (χ1v) is 11.4. The quantitative estimate of drug-likeness (QED) is 0.0918. The van der Waals surface area contributed by atoms with Gasteiger partial charge in [0.2, 0.25) is 34.9 Å². The molecule has 5 nitrogen and oxygen atoms in total. The van der Waals surface area contributed by atoms with E-state index in [0.29, 0.717) is 0 Å². The SMILES string of the molecule is CC(Oc1c(F)c(F)c(F)c(F)c1F)C(=O)Oc1ccc2c(c1)O/C(=C\c1ccc(C(C)(C)C)cc1)C2=O. The van der Waals surface area contributed by atoms with Crippen LogP contribution in [0.1, 0.15) is 49.2 Å². The van der Waals surface area contributed by atoms with Crippen molar-refractivity contribution in [2.24, 2.45) is 0 Å². The minimum atomic E-state index is -2.36. The van der Waals surface area contributed by atoms with Crippen molar-refractivity contribution in [3.8, 4) is 17.2 Å². The molecule has 1 atom stereocenters. The maximum absolute atomic E-state index is 13.9. The Hall–Kier alpha value is -4.21. The van der Waals surface area contributed by atoms with E-state index < -0.39 is 46.9 Å². The zero-order chi connectivity index (χ0) is 27.9. The van der Waals surface area contributed by atoms with Gasteiger partial charge < -0.3 is 14.2 Å². The Bertz CT molecular complexity index is 1440. The summed E-state index contributed by atoms with van der Waals surface area (Å²) in [5.74, 6) is -14.4. The summed E-state index contributed by atoms with van der Waals surface area (Å²) in [7, 11) is 0. The number of esters is 1. The van der Waals surface area contributed by atoms with E-state index in [1.807, 2.05) is 24.3 Å². The van der Waals surface area contributed by atoms with Gasteiger partial charge in [-0.1, -0.05) is 45.0 Å². The van der Waals surface area contributed by atoms with Crippen molar-refractivity contribution in [3.63, 3.8) is 0 Å². The van der Waals surface area contributed by atoms with Crippen molar-refractivity contribution in [2.75, 3.05) is 0 Å². The summed E-state index contributed by atoms with van der Waals surface area (Å²) in [6.07, 6.45) is -0.189. The number of Topliss-reactive ketones (excluding diaryl/α,β-unsaturated/α-hetero) is 1. The van der Waals surface area contributed by atoms with E-state index in [-0.39, 0.29) is 34.0 Å². The number of hydrogen-bond donors (Lipinski definition) is 0. The number of allylic oxidation sites excluding steroid dienone is 1. The molecule has 4 rings (SSSR count). The predicted octanol–water partition coefficient (Wildman–Crippen LogP) is 6.67. The molecule has 3 aromatic rings. The third kappa shape index (κ3) is 5.11. The number of carbonyl (C=O) groups is 2. The summed E-state index contributed by atoms with van der Waals surface area (Å²) in [6, 6.07) is 11.5. The molecule has 0 bridgehead atoms. The number of hydrogen-bond acceptors (Lipinski definition) is 5.